The van der Waals surface area contributed by atoms with Crippen molar-refractivity contribution in [2.75, 3.05) is 0 Å². The molecule has 0 amide bonds. The molecule has 0 saturated heterocycles. The average molecular weight is 881 g/mol. The van der Waals surface area contributed by atoms with E-state index in [9.17, 15) is 0 Å². The molecule has 0 aromatic heterocycles. The number of allylic oxidation sites excluding steroid dienone is 4. The molecule has 1 aliphatic rings. The maximum atomic E-state index is 3.40. The van der Waals surface area contributed by atoms with Gasteiger partial charge in [-0.2, -0.15) is 11.6 Å². The Labute approximate surface area is 375 Å². The Kier molecular flexibility index (Phi) is 17.6. The molecule has 0 radical (unpaired) electrons. The van der Waals surface area contributed by atoms with Crippen molar-refractivity contribution in [1.82, 2.24) is 0 Å². The number of hydrogen-bond donors (Lipinski definition) is 0. The summed E-state index contributed by atoms with van der Waals surface area (Å²) in [5, 5.41) is 5.57. The van der Waals surface area contributed by atoms with Gasteiger partial charge in [0.2, 0.25) is 0 Å². The number of hydrogen-bond acceptors (Lipinski definition) is 0. The summed E-state index contributed by atoms with van der Waals surface area (Å²) >= 11 is 1.46. The van der Waals surface area contributed by atoms with Crippen molar-refractivity contribution in [3.63, 3.8) is 0 Å². The molecule has 306 valence electrons. The zero-order valence-electron chi connectivity index (χ0n) is 38.1. The van der Waals surface area contributed by atoms with Crippen molar-refractivity contribution in [3.8, 4) is 0 Å². The Bertz CT molecular complexity index is 2000. The predicted octanol–water partition coefficient (Wildman–Crippen LogP) is 9.46. The van der Waals surface area contributed by atoms with Crippen LogP contribution in [-0.2, 0) is 45.9 Å². The zero-order valence-corrected chi connectivity index (χ0v) is 42.0. The van der Waals surface area contributed by atoms with Gasteiger partial charge in [-0.25, -0.2) is 6.08 Å². The topological polar surface area (TPSA) is 0 Å². The monoisotopic (exact) mass is 878 g/mol. The van der Waals surface area contributed by atoms with E-state index in [2.05, 4.69) is 220 Å². The molecule has 0 fully saturated rings. The van der Waals surface area contributed by atoms with Gasteiger partial charge in [-0.05, 0) is 21.7 Å². The van der Waals surface area contributed by atoms with Gasteiger partial charge in [0, 0.05) is 0 Å². The van der Waals surface area contributed by atoms with Gasteiger partial charge in [-0.3, -0.25) is 6.08 Å². The van der Waals surface area contributed by atoms with Gasteiger partial charge in [0.15, 0.2) is 0 Å². The quantitative estimate of drug-likeness (QED) is 0.158. The zero-order chi connectivity index (χ0) is 41.1. The molecule has 0 nitrogen and oxygen atoms in total. The van der Waals surface area contributed by atoms with Crippen molar-refractivity contribution < 1.29 is 49.0 Å². The van der Waals surface area contributed by atoms with Gasteiger partial charge in [-0.15, -0.1) is 39.7 Å². The summed E-state index contributed by atoms with van der Waals surface area (Å²) in [6.07, 6.45) is 10.4. The van der Waals surface area contributed by atoms with E-state index in [1.54, 1.807) is 0 Å². The van der Waals surface area contributed by atoms with Crippen molar-refractivity contribution in [2.24, 2.45) is 11.3 Å². The molecular weight excluding hydrogens is 811 g/mol. The summed E-state index contributed by atoms with van der Waals surface area (Å²) in [5.74, 6) is 0.587. The number of rotatable bonds is 4. The molecular formula is C54H70Cl2Zr-2. The molecule has 1 atom stereocenters. The van der Waals surface area contributed by atoms with Crippen LogP contribution in [0.15, 0.2) is 109 Å². The third-order valence-electron chi connectivity index (χ3n) is 10.6. The predicted molar refractivity (Wildman–Crippen MR) is 242 cm³/mol. The van der Waals surface area contributed by atoms with Crippen molar-refractivity contribution in [3.05, 3.63) is 148 Å². The van der Waals surface area contributed by atoms with E-state index in [1.807, 2.05) is 0 Å². The molecule has 3 heteroatoms. The van der Waals surface area contributed by atoms with Crippen LogP contribution in [0.3, 0.4) is 0 Å². The minimum atomic E-state index is 0. The molecule has 57 heavy (non-hydrogen) atoms. The van der Waals surface area contributed by atoms with Gasteiger partial charge in [0.25, 0.3) is 0 Å². The summed E-state index contributed by atoms with van der Waals surface area (Å²) < 4.78 is 1.42. The average Bonchev–Trinajstić information content (AvgIpc) is 3.71. The van der Waals surface area contributed by atoms with Gasteiger partial charge < -0.3 is 24.8 Å². The van der Waals surface area contributed by atoms with Crippen LogP contribution in [0.2, 0.25) is 0 Å². The number of fused-ring (bicyclic) bond motifs is 3. The van der Waals surface area contributed by atoms with E-state index in [0.717, 1.165) is 0 Å². The van der Waals surface area contributed by atoms with E-state index in [1.165, 1.54) is 101 Å². The first-order chi connectivity index (χ1) is 25.3. The van der Waals surface area contributed by atoms with Gasteiger partial charge in [0.05, 0.1) is 0 Å². The molecule has 1 aliphatic carbocycles. The molecule has 1 unspecified atom stereocenters. The molecule has 0 aliphatic heterocycles. The van der Waals surface area contributed by atoms with Crippen LogP contribution in [0.1, 0.15) is 157 Å². The summed E-state index contributed by atoms with van der Waals surface area (Å²) in [6.45, 7) is 37.0. The van der Waals surface area contributed by atoms with E-state index in [-0.39, 0.29) is 46.5 Å². The van der Waals surface area contributed by atoms with E-state index < -0.39 is 0 Å². The minimum absolute atomic E-state index is 0. The second-order valence-electron chi connectivity index (χ2n) is 20.8. The molecule has 5 aromatic rings. The van der Waals surface area contributed by atoms with E-state index in [4.69, 9.17) is 0 Å². The van der Waals surface area contributed by atoms with Gasteiger partial charge >= 0.3 is 99.2 Å². The molecule has 0 heterocycles. The van der Waals surface area contributed by atoms with Crippen molar-refractivity contribution in [2.45, 2.75) is 145 Å². The van der Waals surface area contributed by atoms with E-state index >= 15 is 0 Å². The summed E-state index contributed by atoms with van der Waals surface area (Å²) in [4.78, 5) is 0. The summed E-state index contributed by atoms with van der Waals surface area (Å²) in [6, 6.07) is 33.4. The van der Waals surface area contributed by atoms with Gasteiger partial charge in [0.1, 0.15) is 0 Å². The van der Waals surface area contributed by atoms with Crippen LogP contribution in [0.4, 0.5) is 0 Å². The Balaban J connectivity index is 0.000000333. The molecule has 0 spiro atoms. The first-order valence-corrected chi connectivity index (χ1v) is 21.8. The Morgan fingerprint density at radius 2 is 0.895 bits per heavy atom. The fourth-order valence-corrected chi connectivity index (χ4v) is 8.24. The molecule has 0 saturated carbocycles. The Hall–Kier alpha value is -2.44. The maximum absolute atomic E-state index is 3.40. The van der Waals surface area contributed by atoms with E-state index in [0.29, 0.717) is 11.3 Å². The standard InChI is InChI=1S/C29H41.C13H10.C12H19.2ClH.Zr/c1-26(2,3)22-14-18-13-19-15-23(27(4,5)6)25(29(10,11)12)17-21(19)20(18)16-24(22)28(7,8)9;1-3-7-12(8-4-1)11-13-9-5-2-6-10-13;1-5-6-10-7-8-11(9-10)12(2,3)4;;;/h13-17H,1-12H3;1-10H;8-10H,5-6H2,1-4H3;2*1H;/q-1;;-1;;;+2/p-2. The van der Waals surface area contributed by atoms with Crippen LogP contribution >= 0.6 is 0 Å². The van der Waals surface area contributed by atoms with Crippen LogP contribution < -0.4 is 24.8 Å². The Morgan fingerprint density at radius 1 is 0.544 bits per heavy atom. The SMILES string of the molecule is CC(C)(C)c1cc2[cH-]c3cc(C(C)(C)C)c(C(C)(C)C)cc3c2cc1C(C)(C)C.CCCC1[C-]=CC(C(C)(C)C)=C1.[Cl-].[Cl-].[Zr+2]=[C](c1ccccc1)c1ccccc1. The van der Waals surface area contributed by atoms with Crippen LogP contribution in [0, 0.1) is 17.4 Å². The van der Waals surface area contributed by atoms with Crippen LogP contribution in [-0.4, -0.2) is 3.21 Å². The fourth-order valence-electron chi connectivity index (χ4n) is 7.42. The number of benzene rings is 4. The normalized spacial score (nSPS) is 14.5. The summed E-state index contributed by atoms with van der Waals surface area (Å²) in [5.41, 5.74) is 10.8. The third kappa shape index (κ3) is 13.3. The third-order valence-corrected chi connectivity index (χ3v) is 12.1. The molecule has 0 bridgehead atoms. The van der Waals surface area contributed by atoms with Crippen LogP contribution in [0.5, 0.6) is 0 Å². The number of halogens is 2. The van der Waals surface area contributed by atoms with Crippen LogP contribution in [0.25, 0.3) is 21.5 Å². The molecule has 0 N–H and O–H groups in total. The van der Waals surface area contributed by atoms with Gasteiger partial charge in [-0.1, -0.05) is 169 Å². The Morgan fingerprint density at radius 3 is 1.19 bits per heavy atom. The van der Waals surface area contributed by atoms with Crippen molar-refractivity contribution in [1.29, 1.82) is 0 Å². The molecule has 6 rings (SSSR count). The second kappa shape index (κ2) is 19.7. The first kappa shape index (κ1) is 50.7. The molecule has 5 aromatic carbocycles. The summed E-state index contributed by atoms with van der Waals surface area (Å²) in [7, 11) is 0. The first-order valence-electron chi connectivity index (χ1n) is 20.6. The van der Waals surface area contributed by atoms with Crippen molar-refractivity contribution >= 4 is 24.8 Å². The fraction of sp³-hybridized carbons (Fsp3) is 0.444. The second-order valence-corrected chi connectivity index (χ2v) is 22.0.